The summed E-state index contributed by atoms with van der Waals surface area (Å²) in [7, 11) is -2.32. The molecule has 2 aromatic rings. The number of rotatable bonds is 9. The van der Waals surface area contributed by atoms with Gasteiger partial charge in [-0.25, -0.2) is 8.42 Å². The number of carbonyl (C=O) groups is 1. The van der Waals surface area contributed by atoms with Crippen LogP contribution in [0.5, 0.6) is 5.75 Å². The first-order valence-corrected chi connectivity index (χ1v) is 13.2. The summed E-state index contributed by atoms with van der Waals surface area (Å²) in [6, 6.07) is 8.66. The van der Waals surface area contributed by atoms with Crippen LogP contribution in [0.1, 0.15) is 36.6 Å². The molecule has 0 saturated carbocycles. The zero-order valence-electron chi connectivity index (χ0n) is 19.6. The van der Waals surface area contributed by atoms with Crippen molar-refractivity contribution in [3.05, 3.63) is 47.9 Å². The van der Waals surface area contributed by atoms with E-state index in [0.29, 0.717) is 38.4 Å². The van der Waals surface area contributed by atoms with E-state index < -0.39 is 10.0 Å². The molecule has 1 N–H and O–H groups in total. The SMILES string of the molecule is COc1ccc(CC(=O)NC[C@@H](c2ccco2)N2CCCCC2)cc1S(=O)(=O)N1CCOCC1. The average Bonchev–Trinajstić information content (AvgIpc) is 3.40. The predicted octanol–water partition coefficient (Wildman–Crippen LogP) is 2.20. The van der Waals surface area contributed by atoms with Gasteiger partial charge < -0.3 is 19.2 Å². The zero-order valence-corrected chi connectivity index (χ0v) is 20.4. The molecule has 2 aliphatic heterocycles. The van der Waals surface area contributed by atoms with Crippen LogP contribution in [0.3, 0.4) is 0 Å². The molecular weight excluding hydrogens is 458 g/mol. The van der Waals surface area contributed by atoms with Gasteiger partial charge in [-0.15, -0.1) is 0 Å². The second-order valence-corrected chi connectivity index (χ2v) is 10.5. The maximum atomic E-state index is 13.2. The zero-order chi connectivity index (χ0) is 24.0. The van der Waals surface area contributed by atoms with Crippen molar-refractivity contribution >= 4 is 15.9 Å². The van der Waals surface area contributed by atoms with Crippen molar-refractivity contribution in [1.29, 1.82) is 0 Å². The highest BCUT2D eigenvalue weighted by atomic mass is 32.2. The van der Waals surface area contributed by atoms with Crippen LogP contribution in [0.15, 0.2) is 45.9 Å². The molecule has 0 spiro atoms. The summed E-state index contributed by atoms with van der Waals surface area (Å²) in [6.45, 7) is 3.68. The second-order valence-electron chi connectivity index (χ2n) is 8.61. The van der Waals surface area contributed by atoms with E-state index >= 15 is 0 Å². The van der Waals surface area contributed by atoms with Gasteiger partial charge in [-0.1, -0.05) is 12.5 Å². The summed E-state index contributed by atoms with van der Waals surface area (Å²) in [6.07, 6.45) is 5.22. The molecule has 0 unspecified atom stereocenters. The molecule has 34 heavy (non-hydrogen) atoms. The Labute approximate surface area is 201 Å². The minimum Gasteiger partial charge on any atom is -0.495 e. The first-order valence-electron chi connectivity index (χ1n) is 11.8. The van der Waals surface area contributed by atoms with Crippen molar-refractivity contribution < 1.29 is 27.1 Å². The third kappa shape index (κ3) is 5.80. The number of nitrogens with zero attached hydrogens (tertiary/aromatic N) is 2. The van der Waals surface area contributed by atoms with Crippen molar-refractivity contribution in [2.75, 3.05) is 53.0 Å². The van der Waals surface area contributed by atoms with Crippen LogP contribution < -0.4 is 10.1 Å². The van der Waals surface area contributed by atoms with Crippen LogP contribution in [-0.2, 0) is 26.0 Å². The summed E-state index contributed by atoms with van der Waals surface area (Å²) in [5, 5.41) is 3.02. The molecule has 186 valence electrons. The van der Waals surface area contributed by atoms with E-state index in [4.69, 9.17) is 13.9 Å². The van der Waals surface area contributed by atoms with Gasteiger partial charge in [-0.2, -0.15) is 4.31 Å². The highest BCUT2D eigenvalue weighted by Gasteiger charge is 2.30. The summed E-state index contributed by atoms with van der Waals surface area (Å²) >= 11 is 0. The fourth-order valence-corrected chi connectivity index (χ4v) is 6.15. The number of morpholine rings is 1. The molecule has 2 aliphatic rings. The number of piperidine rings is 1. The highest BCUT2D eigenvalue weighted by Crippen LogP contribution is 2.29. The molecule has 4 rings (SSSR count). The number of benzene rings is 1. The first kappa shape index (κ1) is 24.7. The van der Waals surface area contributed by atoms with E-state index in [1.165, 1.54) is 23.9 Å². The predicted molar refractivity (Wildman–Crippen MR) is 126 cm³/mol. The minimum atomic E-state index is -3.76. The lowest BCUT2D eigenvalue weighted by atomic mass is 10.1. The van der Waals surface area contributed by atoms with Crippen molar-refractivity contribution in [2.24, 2.45) is 0 Å². The number of sulfonamides is 1. The summed E-state index contributed by atoms with van der Waals surface area (Å²) in [4.78, 5) is 15.2. The number of ether oxygens (including phenoxy) is 2. The van der Waals surface area contributed by atoms with Crippen LogP contribution >= 0.6 is 0 Å². The Morgan fingerprint density at radius 2 is 1.88 bits per heavy atom. The molecule has 0 radical (unpaired) electrons. The quantitative estimate of drug-likeness (QED) is 0.574. The Hall–Kier alpha value is -2.40. The van der Waals surface area contributed by atoms with E-state index in [2.05, 4.69) is 10.2 Å². The molecule has 2 saturated heterocycles. The molecule has 9 nitrogen and oxygen atoms in total. The topological polar surface area (TPSA) is 101 Å². The van der Waals surface area contributed by atoms with Gasteiger partial charge in [0.1, 0.15) is 16.4 Å². The van der Waals surface area contributed by atoms with Gasteiger partial charge in [0.2, 0.25) is 15.9 Å². The third-order valence-electron chi connectivity index (χ3n) is 6.38. The van der Waals surface area contributed by atoms with Crippen molar-refractivity contribution in [3.63, 3.8) is 0 Å². The molecule has 0 aliphatic carbocycles. The number of carbonyl (C=O) groups excluding carboxylic acids is 1. The van der Waals surface area contributed by atoms with E-state index in [-0.39, 0.29) is 29.0 Å². The number of amides is 1. The Bertz CT molecular complexity index is 1040. The lowest BCUT2D eigenvalue weighted by Crippen LogP contribution is -2.41. The van der Waals surface area contributed by atoms with Gasteiger partial charge in [0.25, 0.3) is 0 Å². The van der Waals surface area contributed by atoms with Crippen LogP contribution in [0.4, 0.5) is 0 Å². The number of furan rings is 1. The molecule has 10 heteroatoms. The molecule has 1 aromatic carbocycles. The first-order chi connectivity index (χ1) is 16.5. The van der Waals surface area contributed by atoms with E-state index in [1.807, 2.05) is 12.1 Å². The maximum absolute atomic E-state index is 13.2. The van der Waals surface area contributed by atoms with Crippen molar-refractivity contribution in [2.45, 2.75) is 36.6 Å². The number of hydrogen-bond donors (Lipinski definition) is 1. The number of methoxy groups -OCH3 is 1. The van der Waals surface area contributed by atoms with Crippen molar-refractivity contribution in [3.8, 4) is 5.75 Å². The molecular formula is C24H33N3O6S. The standard InChI is InChI=1S/C24H33N3O6S/c1-31-22-8-7-19(16-23(22)34(29,30)27-11-14-32-15-12-27)17-24(28)25-18-20(21-6-5-13-33-21)26-9-3-2-4-10-26/h5-8,13,16,20H,2-4,9-12,14-15,17-18H2,1H3,(H,25,28)/t20-/m0/s1. The number of likely N-dealkylation sites (tertiary alicyclic amines) is 1. The van der Waals surface area contributed by atoms with Gasteiger partial charge in [-0.05, 0) is 55.8 Å². The lowest BCUT2D eigenvalue weighted by Gasteiger charge is -2.33. The van der Waals surface area contributed by atoms with Crippen LogP contribution in [0.25, 0.3) is 0 Å². The monoisotopic (exact) mass is 491 g/mol. The van der Waals surface area contributed by atoms with Crippen LogP contribution in [0.2, 0.25) is 0 Å². The summed E-state index contributed by atoms with van der Waals surface area (Å²) in [5.41, 5.74) is 0.609. The average molecular weight is 492 g/mol. The fraction of sp³-hybridized carbons (Fsp3) is 0.542. The molecule has 1 atom stereocenters. The minimum absolute atomic E-state index is 0.0209. The molecule has 1 amide bonds. The maximum Gasteiger partial charge on any atom is 0.246 e. The molecule has 3 heterocycles. The van der Waals surface area contributed by atoms with Gasteiger partial charge in [0.15, 0.2) is 0 Å². The lowest BCUT2D eigenvalue weighted by molar-refractivity contribution is -0.120. The number of hydrogen-bond acceptors (Lipinski definition) is 7. The fourth-order valence-electron chi connectivity index (χ4n) is 4.54. The van der Waals surface area contributed by atoms with Gasteiger partial charge >= 0.3 is 0 Å². The Balaban J connectivity index is 1.44. The Morgan fingerprint density at radius 3 is 2.56 bits per heavy atom. The van der Waals surface area contributed by atoms with Gasteiger partial charge in [0, 0.05) is 19.6 Å². The van der Waals surface area contributed by atoms with E-state index in [1.54, 1.807) is 18.4 Å². The number of nitrogens with one attached hydrogen (secondary N) is 1. The molecule has 1 aromatic heterocycles. The summed E-state index contributed by atoms with van der Waals surface area (Å²) < 4.78 is 44.0. The van der Waals surface area contributed by atoms with E-state index in [9.17, 15) is 13.2 Å². The molecule has 2 fully saturated rings. The Kier molecular flexibility index (Phi) is 8.25. The largest absolute Gasteiger partial charge is 0.495 e. The van der Waals surface area contributed by atoms with E-state index in [0.717, 1.165) is 31.7 Å². The smallest absolute Gasteiger partial charge is 0.246 e. The van der Waals surface area contributed by atoms with Crippen molar-refractivity contribution in [1.82, 2.24) is 14.5 Å². The molecule has 0 bridgehead atoms. The van der Waals surface area contributed by atoms with Crippen LogP contribution in [-0.4, -0.2) is 76.6 Å². The Morgan fingerprint density at radius 1 is 1.12 bits per heavy atom. The summed E-state index contributed by atoms with van der Waals surface area (Å²) in [5.74, 6) is 0.928. The van der Waals surface area contributed by atoms with Gasteiger partial charge in [-0.3, -0.25) is 9.69 Å². The normalized spacial score (nSPS) is 19.0. The van der Waals surface area contributed by atoms with Crippen LogP contribution in [0, 0.1) is 0 Å². The third-order valence-corrected chi connectivity index (χ3v) is 8.30. The van der Waals surface area contributed by atoms with Gasteiger partial charge in [0.05, 0.1) is 39.0 Å². The highest BCUT2D eigenvalue weighted by molar-refractivity contribution is 7.89. The second kappa shape index (κ2) is 11.4.